The van der Waals surface area contributed by atoms with Gasteiger partial charge in [0.25, 0.3) is 0 Å². The van der Waals surface area contributed by atoms with Gasteiger partial charge >= 0.3 is 0 Å². The molecule has 1 aliphatic heterocycles. The summed E-state index contributed by atoms with van der Waals surface area (Å²) in [7, 11) is 1.62. The Morgan fingerprint density at radius 1 is 1.14 bits per heavy atom. The Kier molecular flexibility index (Phi) is 4.85. The van der Waals surface area contributed by atoms with Gasteiger partial charge in [0, 0.05) is 12.5 Å². The predicted octanol–water partition coefficient (Wildman–Crippen LogP) is 2.96. The van der Waals surface area contributed by atoms with Crippen molar-refractivity contribution in [2.75, 3.05) is 13.7 Å². The van der Waals surface area contributed by atoms with Crippen LogP contribution in [0.2, 0.25) is 0 Å². The summed E-state index contributed by atoms with van der Waals surface area (Å²) in [6.07, 6.45) is 8.06. The molecule has 1 atom stereocenters. The lowest BCUT2D eigenvalue weighted by atomic mass is 10.0. The first kappa shape index (κ1) is 14.8. The van der Waals surface area contributed by atoms with Crippen LogP contribution < -0.4 is 14.8 Å². The number of nitrogens with one attached hydrogen (secondary N) is 1. The maximum atomic E-state index is 5.78. The van der Waals surface area contributed by atoms with E-state index in [9.17, 15) is 0 Å². The summed E-state index contributed by atoms with van der Waals surface area (Å²) in [6, 6.07) is 8.03. The lowest BCUT2D eigenvalue weighted by Gasteiger charge is -2.22. The fourth-order valence-electron chi connectivity index (χ4n) is 2.65. The molecule has 0 spiro atoms. The van der Waals surface area contributed by atoms with E-state index in [2.05, 4.69) is 15.3 Å². The molecular formula is C17H21N3O2. The molecule has 2 heterocycles. The van der Waals surface area contributed by atoms with Crippen LogP contribution in [0.15, 0.2) is 36.7 Å². The van der Waals surface area contributed by atoms with E-state index in [1.54, 1.807) is 19.5 Å². The molecule has 0 amide bonds. The number of para-hydroxylation sites is 2. The standard InChI is InChI=1S/C17H21N3O2/c1-21-15-7-2-3-8-16(15)22-14-11-19-17(20-12-14)10-13-6-4-5-9-18-13/h2-3,7-8,11-13,18H,4-6,9-10H2,1H3. The topological polar surface area (TPSA) is 56.3 Å². The first-order valence-corrected chi connectivity index (χ1v) is 7.70. The van der Waals surface area contributed by atoms with Crippen molar-refractivity contribution in [3.05, 3.63) is 42.5 Å². The van der Waals surface area contributed by atoms with Crippen molar-refractivity contribution in [2.45, 2.75) is 31.7 Å². The molecule has 1 N–H and O–H groups in total. The van der Waals surface area contributed by atoms with Crippen molar-refractivity contribution in [1.82, 2.24) is 15.3 Å². The average molecular weight is 299 g/mol. The maximum Gasteiger partial charge on any atom is 0.169 e. The fraction of sp³-hybridized carbons (Fsp3) is 0.412. The Hall–Kier alpha value is -2.14. The minimum absolute atomic E-state index is 0.495. The number of benzene rings is 1. The third kappa shape index (κ3) is 3.74. The van der Waals surface area contributed by atoms with Crippen molar-refractivity contribution in [3.8, 4) is 17.2 Å². The zero-order chi connectivity index (χ0) is 15.2. The third-order valence-electron chi connectivity index (χ3n) is 3.82. The van der Waals surface area contributed by atoms with Crippen molar-refractivity contribution in [3.63, 3.8) is 0 Å². The molecule has 1 fully saturated rings. The Morgan fingerprint density at radius 2 is 1.91 bits per heavy atom. The summed E-state index contributed by atoms with van der Waals surface area (Å²) in [5, 5.41) is 3.51. The molecule has 3 rings (SSSR count). The van der Waals surface area contributed by atoms with Gasteiger partial charge in [-0.25, -0.2) is 9.97 Å². The first-order valence-electron chi connectivity index (χ1n) is 7.70. The number of ether oxygens (including phenoxy) is 2. The molecule has 2 aromatic rings. The van der Waals surface area contributed by atoms with Crippen LogP contribution in [0.4, 0.5) is 0 Å². The predicted molar refractivity (Wildman–Crippen MR) is 84.4 cm³/mol. The van der Waals surface area contributed by atoms with Crippen LogP contribution in [-0.4, -0.2) is 29.7 Å². The van der Waals surface area contributed by atoms with Gasteiger partial charge in [0.1, 0.15) is 5.82 Å². The molecule has 1 saturated heterocycles. The molecule has 5 heteroatoms. The molecule has 5 nitrogen and oxygen atoms in total. The fourth-order valence-corrected chi connectivity index (χ4v) is 2.65. The highest BCUT2D eigenvalue weighted by Gasteiger charge is 2.14. The van der Waals surface area contributed by atoms with Gasteiger partial charge in [0.2, 0.25) is 0 Å². The molecule has 0 saturated carbocycles. The second-order valence-corrected chi connectivity index (χ2v) is 5.44. The second kappa shape index (κ2) is 7.22. The van der Waals surface area contributed by atoms with E-state index in [0.717, 1.165) is 18.8 Å². The number of hydrogen-bond acceptors (Lipinski definition) is 5. The quantitative estimate of drug-likeness (QED) is 0.920. The minimum atomic E-state index is 0.495. The zero-order valence-corrected chi connectivity index (χ0v) is 12.8. The van der Waals surface area contributed by atoms with Crippen LogP contribution in [0.1, 0.15) is 25.1 Å². The smallest absolute Gasteiger partial charge is 0.169 e. The van der Waals surface area contributed by atoms with Crippen molar-refractivity contribution in [2.24, 2.45) is 0 Å². The Morgan fingerprint density at radius 3 is 2.59 bits per heavy atom. The molecule has 22 heavy (non-hydrogen) atoms. The largest absolute Gasteiger partial charge is 0.493 e. The number of piperidine rings is 1. The monoisotopic (exact) mass is 299 g/mol. The van der Waals surface area contributed by atoms with E-state index < -0.39 is 0 Å². The highest BCUT2D eigenvalue weighted by atomic mass is 16.5. The highest BCUT2D eigenvalue weighted by molar-refractivity contribution is 5.41. The highest BCUT2D eigenvalue weighted by Crippen LogP contribution is 2.30. The number of rotatable bonds is 5. The van der Waals surface area contributed by atoms with Crippen LogP contribution in [0, 0.1) is 0 Å². The van der Waals surface area contributed by atoms with Gasteiger partial charge in [-0.3, -0.25) is 0 Å². The minimum Gasteiger partial charge on any atom is -0.493 e. The van der Waals surface area contributed by atoms with Gasteiger partial charge in [0.15, 0.2) is 17.2 Å². The molecular weight excluding hydrogens is 278 g/mol. The number of hydrogen-bond donors (Lipinski definition) is 1. The molecule has 0 radical (unpaired) electrons. The molecule has 0 aliphatic carbocycles. The van der Waals surface area contributed by atoms with Gasteiger partial charge in [-0.2, -0.15) is 0 Å². The SMILES string of the molecule is COc1ccccc1Oc1cnc(CC2CCCCN2)nc1. The maximum absolute atomic E-state index is 5.78. The normalized spacial score (nSPS) is 18.0. The van der Waals surface area contributed by atoms with Crippen molar-refractivity contribution >= 4 is 0 Å². The van der Waals surface area contributed by atoms with E-state index in [4.69, 9.17) is 9.47 Å². The van der Waals surface area contributed by atoms with Gasteiger partial charge < -0.3 is 14.8 Å². The van der Waals surface area contributed by atoms with Crippen LogP contribution in [0.5, 0.6) is 17.2 Å². The van der Waals surface area contributed by atoms with E-state index in [0.29, 0.717) is 23.3 Å². The van der Waals surface area contributed by atoms with E-state index >= 15 is 0 Å². The Bertz CT molecular complexity index is 595. The summed E-state index contributed by atoms with van der Waals surface area (Å²) in [6.45, 7) is 1.10. The summed E-state index contributed by atoms with van der Waals surface area (Å²) < 4.78 is 11.0. The summed E-state index contributed by atoms with van der Waals surface area (Å²) in [5.41, 5.74) is 0. The summed E-state index contributed by atoms with van der Waals surface area (Å²) in [4.78, 5) is 8.82. The van der Waals surface area contributed by atoms with Crippen LogP contribution in [0.25, 0.3) is 0 Å². The Balaban J connectivity index is 1.63. The molecule has 116 valence electrons. The lowest BCUT2D eigenvalue weighted by Crippen LogP contribution is -2.36. The van der Waals surface area contributed by atoms with Gasteiger partial charge in [-0.15, -0.1) is 0 Å². The summed E-state index contributed by atoms with van der Waals surface area (Å²) >= 11 is 0. The Labute approximate surface area is 130 Å². The number of nitrogens with zero attached hydrogens (tertiary/aromatic N) is 2. The van der Waals surface area contributed by atoms with Crippen LogP contribution in [-0.2, 0) is 6.42 Å². The second-order valence-electron chi connectivity index (χ2n) is 5.44. The van der Waals surface area contributed by atoms with Crippen LogP contribution >= 0.6 is 0 Å². The summed E-state index contributed by atoms with van der Waals surface area (Å²) in [5.74, 6) is 2.82. The van der Waals surface area contributed by atoms with Gasteiger partial charge in [-0.1, -0.05) is 18.6 Å². The first-order chi connectivity index (χ1) is 10.8. The average Bonchev–Trinajstić information content (AvgIpc) is 2.58. The molecule has 1 unspecified atom stereocenters. The van der Waals surface area contributed by atoms with E-state index in [-0.39, 0.29) is 0 Å². The number of aromatic nitrogens is 2. The van der Waals surface area contributed by atoms with Crippen molar-refractivity contribution in [1.29, 1.82) is 0 Å². The molecule has 1 aromatic heterocycles. The van der Waals surface area contributed by atoms with Gasteiger partial charge in [0.05, 0.1) is 19.5 Å². The van der Waals surface area contributed by atoms with E-state index in [1.165, 1.54) is 19.3 Å². The molecule has 1 aliphatic rings. The molecule has 1 aromatic carbocycles. The van der Waals surface area contributed by atoms with Crippen molar-refractivity contribution < 1.29 is 9.47 Å². The number of methoxy groups -OCH3 is 1. The van der Waals surface area contributed by atoms with E-state index in [1.807, 2.05) is 24.3 Å². The third-order valence-corrected chi connectivity index (χ3v) is 3.82. The molecule has 0 bridgehead atoms. The van der Waals surface area contributed by atoms with Crippen LogP contribution in [0.3, 0.4) is 0 Å². The van der Waals surface area contributed by atoms with Gasteiger partial charge in [-0.05, 0) is 31.5 Å². The zero-order valence-electron chi connectivity index (χ0n) is 12.8. The lowest BCUT2D eigenvalue weighted by molar-refractivity contribution is 0.376.